The minimum absolute atomic E-state index is 0.0745. The highest BCUT2D eigenvalue weighted by atomic mass is 16.4. The first-order valence-corrected chi connectivity index (χ1v) is 4.95. The van der Waals surface area contributed by atoms with E-state index in [1.807, 2.05) is 18.2 Å². The van der Waals surface area contributed by atoms with Crippen molar-refractivity contribution in [2.45, 2.75) is 26.2 Å². The van der Waals surface area contributed by atoms with E-state index in [0.717, 1.165) is 5.56 Å². The first kappa shape index (κ1) is 9.90. The third-order valence-electron chi connectivity index (χ3n) is 2.33. The van der Waals surface area contributed by atoms with E-state index in [0.29, 0.717) is 5.89 Å². The van der Waals surface area contributed by atoms with E-state index in [9.17, 15) is 0 Å². The maximum Gasteiger partial charge on any atom is 0.247 e. The molecule has 3 heteroatoms. The number of benzene rings is 1. The third-order valence-corrected chi connectivity index (χ3v) is 2.33. The van der Waals surface area contributed by atoms with E-state index in [-0.39, 0.29) is 5.41 Å². The summed E-state index contributed by atoms with van der Waals surface area (Å²) in [6, 6.07) is 8.11. The first-order chi connectivity index (χ1) is 7.09. The van der Waals surface area contributed by atoms with E-state index in [1.165, 1.54) is 12.0 Å². The number of aromatic nitrogens is 2. The van der Waals surface area contributed by atoms with Gasteiger partial charge < -0.3 is 4.42 Å². The van der Waals surface area contributed by atoms with Crippen LogP contribution in [-0.4, -0.2) is 10.2 Å². The molecule has 1 aromatic carbocycles. The van der Waals surface area contributed by atoms with Gasteiger partial charge in [0.15, 0.2) is 0 Å². The fraction of sp³-hybridized carbons (Fsp3) is 0.333. The summed E-state index contributed by atoms with van der Waals surface area (Å²) in [6.45, 7) is 6.51. The summed E-state index contributed by atoms with van der Waals surface area (Å²) in [5, 5.41) is 7.65. The lowest BCUT2D eigenvalue weighted by Crippen LogP contribution is -2.12. The van der Waals surface area contributed by atoms with Crippen molar-refractivity contribution in [2.75, 3.05) is 0 Å². The summed E-state index contributed by atoms with van der Waals surface area (Å²) in [6.07, 6.45) is 1.36. The van der Waals surface area contributed by atoms with Crippen molar-refractivity contribution in [3.05, 3.63) is 36.2 Å². The Morgan fingerprint density at radius 3 is 2.47 bits per heavy atom. The van der Waals surface area contributed by atoms with Gasteiger partial charge in [-0.05, 0) is 17.0 Å². The predicted octanol–water partition coefficient (Wildman–Crippen LogP) is 3.03. The smallest absolute Gasteiger partial charge is 0.247 e. The largest absolute Gasteiger partial charge is 0.423 e. The van der Waals surface area contributed by atoms with E-state index >= 15 is 0 Å². The molecule has 0 saturated heterocycles. The van der Waals surface area contributed by atoms with Crippen LogP contribution >= 0.6 is 0 Å². The predicted molar refractivity (Wildman–Crippen MR) is 58.4 cm³/mol. The zero-order valence-corrected chi connectivity index (χ0v) is 9.19. The molecule has 0 bridgehead atoms. The Morgan fingerprint density at radius 2 is 1.87 bits per heavy atom. The maximum atomic E-state index is 5.23. The lowest BCUT2D eigenvalue weighted by Gasteiger charge is -2.21. The second kappa shape index (κ2) is 3.50. The summed E-state index contributed by atoms with van der Waals surface area (Å²) in [5.74, 6) is 0.584. The Kier molecular flexibility index (Phi) is 2.31. The topological polar surface area (TPSA) is 38.9 Å². The highest BCUT2D eigenvalue weighted by Gasteiger charge is 2.20. The molecule has 1 aromatic heterocycles. The van der Waals surface area contributed by atoms with Gasteiger partial charge >= 0.3 is 0 Å². The molecule has 0 aliphatic carbocycles. The van der Waals surface area contributed by atoms with E-state index < -0.39 is 0 Å². The number of rotatable bonds is 1. The fourth-order valence-electron chi connectivity index (χ4n) is 1.61. The second-order valence-electron chi connectivity index (χ2n) is 4.54. The van der Waals surface area contributed by atoms with Crippen LogP contribution in [0.1, 0.15) is 26.3 Å². The van der Waals surface area contributed by atoms with E-state index in [4.69, 9.17) is 4.42 Å². The lowest BCUT2D eigenvalue weighted by molar-refractivity contribution is 0.557. The van der Waals surface area contributed by atoms with Gasteiger partial charge in [-0.3, -0.25) is 0 Å². The van der Waals surface area contributed by atoms with Crippen LogP contribution in [0, 0.1) is 0 Å². The van der Waals surface area contributed by atoms with Gasteiger partial charge in [0.1, 0.15) is 0 Å². The monoisotopic (exact) mass is 202 g/mol. The molecule has 0 spiro atoms. The fourth-order valence-corrected chi connectivity index (χ4v) is 1.61. The molecule has 0 radical (unpaired) electrons. The molecule has 0 aliphatic rings. The highest BCUT2D eigenvalue weighted by Crippen LogP contribution is 2.31. The van der Waals surface area contributed by atoms with Crippen LogP contribution in [0.3, 0.4) is 0 Å². The Hall–Kier alpha value is -1.64. The van der Waals surface area contributed by atoms with Crippen molar-refractivity contribution in [3.63, 3.8) is 0 Å². The summed E-state index contributed by atoms with van der Waals surface area (Å²) < 4.78 is 5.23. The standard InChI is InChI=1S/C12H14N2O/c1-12(2,3)10-7-5-4-6-9(10)11-14-13-8-15-11/h4-8H,1-3H3. The number of nitrogens with zero attached hydrogens (tertiary/aromatic N) is 2. The molecule has 0 atom stereocenters. The molecule has 0 amide bonds. The lowest BCUT2D eigenvalue weighted by atomic mass is 9.84. The van der Waals surface area contributed by atoms with Crippen LogP contribution < -0.4 is 0 Å². The minimum Gasteiger partial charge on any atom is -0.423 e. The second-order valence-corrected chi connectivity index (χ2v) is 4.54. The third kappa shape index (κ3) is 1.91. The summed E-state index contributed by atoms with van der Waals surface area (Å²) >= 11 is 0. The van der Waals surface area contributed by atoms with Crippen molar-refractivity contribution in [1.82, 2.24) is 10.2 Å². The van der Waals surface area contributed by atoms with E-state index in [2.05, 4.69) is 37.0 Å². The molecule has 1 heterocycles. The van der Waals surface area contributed by atoms with Gasteiger partial charge in [0.05, 0.1) is 0 Å². The van der Waals surface area contributed by atoms with Gasteiger partial charge in [0, 0.05) is 5.56 Å². The van der Waals surface area contributed by atoms with Gasteiger partial charge in [-0.25, -0.2) is 0 Å². The van der Waals surface area contributed by atoms with Crippen molar-refractivity contribution in [3.8, 4) is 11.5 Å². The maximum absolute atomic E-state index is 5.23. The molecule has 2 aromatic rings. The Balaban J connectivity index is 2.58. The molecule has 0 saturated carbocycles. The Bertz CT molecular complexity index is 441. The van der Waals surface area contributed by atoms with Gasteiger partial charge in [-0.15, -0.1) is 10.2 Å². The molecule has 0 fully saturated rings. The van der Waals surface area contributed by atoms with Gasteiger partial charge in [0.2, 0.25) is 12.3 Å². The normalized spacial score (nSPS) is 11.7. The SMILES string of the molecule is CC(C)(C)c1ccccc1-c1nnco1. The van der Waals surface area contributed by atoms with Crippen LogP contribution in [0.5, 0.6) is 0 Å². The number of hydrogen-bond donors (Lipinski definition) is 0. The summed E-state index contributed by atoms with van der Waals surface area (Å²) in [4.78, 5) is 0. The van der Waals surface area contributed by atoms with Crippen molar-refractivity contribution >= 4 is 0 Å². The van der Waals surface area contributed by atoms with Crippen LogP contribution in [-0.2, 0) is 5.41 Å². The van der Waals surface area contributed by atoms with Gasteiger partial charge in [-0.2, -0.15) is 0 Å². The first-order valence-electron chi connectivity index (χ1n) is 4.95. The Labute approximate surface area is 89.2 Å². The average Bonchev–Trinajstić information content (AvgIpc) is 2.69. The molecular weight excluding hydrogens is 188 g/mol. The van der Waals surface area contributed by atoms with Gasteiger partial charge in [0.25, 0.3) is 0 Å². The quantitative estimate of drug-likeness (QED) is 0.713. The van der Waals surface area contributed by atoms with Crippen LogP contribution in [0.15, 0.2) is 35.1 Å². The molecule has 15 heavy (non-hydrogen) atoms. The molecule has 2 rings (SSSR count). The zero-order valence-electron chi connectivity index (χ0n) is 9.19. The van der Waals surface area contributed by atoms with Crippen LogP contribution in [0.25, 0.3) is 11.5 Å². The van der Waals surface area contributed by atoms with Crippen LogP contribution in [0.2, 0.25) is 0 Å². The zero-order chi connectivity index (χ0) is 10.9. The molecular formula is C12H14N2O. The number of hydrogen-bond acceptors (Lipinski definition) is 3. The van der Waals surface area contributed by atoms with Gasteiger partial charge in [-0.1, -0.05) is 39.0 Å². The average molecular weight is 202 g/mol. The molecule has 0 unspecified atom stereocenters. The van der Waals surface area contributed by atoms with Crippen molar-refractivity contribution in [2.24, 2.45) is 0 Å². The highest BCUT2D eigenvalue weighted by molar-refractivity contribution is 5.60. The van der Waals surface area contributed by atoms with E-state index in [1.54, 1.807) is 0 Å². The Morgan fingerprint density at radius 1 is 1.13 bits per heavy atom. The van der Waals surface area contributed by atoms with Crippen LogP contribution in [0.4, 0.5) is 0 Å². The summed E-state index contributed by atoms with van der Waals surface area (Å²) in [5.41, 5.74) is 2.31. The molecule has 0 N–H and O–H groups in total. The minimum atomic E-state index is 0.0745. The van der Waals surface area contributed by atoms with Crippen molar-refractivity contribution in [1.29, 1.82) is 0 Å². The molecule has 0 aliphatic heterocycles. The molecule has 3 nitrogen and oxygen atoms in total. The summed E-state index contributed by atoms with van der Waals surface area (Å²) in [7, 11) is 0. The van der Waals surface area contributed by atoms with Crippen molar-refractivity contribution < 1.29 is 4.42 Å². The molecule has 78 valence electrons.